The minimum Gasteiger partial charge on any atom is -0.494 e. The lowest BCUT2D eigenvalue weighted by Gasteiger charge is -2.10. The Morgan fingerprint density at radius 2 is 1.56 bits per heavy atom. The Kier molecular flexibility index (Phi) is 8.14. The second-order valence-corrected chi connectivity index (χ2v) is 8.37. The van der Waals surface area contributed by atoms with E-state index in [1.165, 1.54) is 11.3 Å². The third kappa shape index (κ3) is 5.81. The molecule has 0 spiro atoms. The highest BCUT2D eigenvalue weighted by atomic mass is 35.5. The number of carbonyl (C=O) groups is 2. The van der Waals surface area contributed by atoms with E-state index in [9.17, 15) is 9.59 Å². The summed E-state index contributed by atoms with van der Waals surface area (Å²) < 4.78 is 16.2. The molecular weight excluding hydrogens is 450 g/mol. The maximum atomic E-state index is 12.7. The van der Waals surface area contributed by atoms with E-state index in [-0.39, 0.29) is 19.1 Å². The number of aryl methyl sites for hydroxylation is 1. The molecule has 8 heteroatoms. The Labute approximate surface area is 196 Å². The van der Waals surface area contributed by atoms with Gasteiger partial charge in [-0.25, -0.2) is 4.79 Å². The van der Waals surface area contributed by atoms with Gasteiger partial charge in [0.2, 0.25) is 0 Å². The van der Waals surface area contributed by atoms with Gasteiger partial charge in [0, 0.05) is 15.5 Å². The largest absolute Gasteiger partial charge is 0.494 e. The van der Waals surface area contributed by atoms with Crippen molar-refractivity contribution in [3.8, 4) is 22.6 Å². The van der Waals surface area contributed by atoms with Crippen molar-refractivity contribution in [2.75, 3.05) is 25.1 Å². The van der Waals surface area contributed by atoms with Crippen LogP contribution in [0.3, 0.4) is 0 Å². The van der Waals surface area contributed by atoms with Crippen LogP contribution in [0.15, 0.2) is 48.5 Å². The topological polar surface area (TPSA) is 73.9 Å². The summed E-state index contributed by atoms with van der Waals surface area (Å²) in [7, 11) is 0. The molecule has 2 aromatic carbocycles. The molecule has 32 heavy (non-hydrogen) atoms. The van der Waals surface area contributed by atoms with Crippen molar-refractivity contribution < 1.29 is 23.8 Å². The zero-order valence-corrected chi connectivity index (χ0v) is 19.6. The molecule has 3 aromatic rings. The highest BCUT2D eigenvalue weighted by Gasteiger charge is 2.25. The number of amides is 1. The fourth-order valence-electron chi connectivity index (χ4n) is 3.11. The number of carbonyl (C=O) groups excluding carboxylic acids is 2. The summed E-state index contributed by atoms with van der Waals surface area (Å²) in [4.78, 5) is 26.2. The number of esters is 1. The zero-order chi connectivity index (χ0) is 23.1. The summed E-state index contributed by atoms with van der Waals surface area (Å²) in [5.41, 5.74) is 1.86. The van der Waals surface area contributed by atoms with Gasteiger partial charge in [0.05, 0.1) is 13.2 Å². The Hall–Kier alpha value is -3.03. The molecule has 1 heterocycles. The van der Waals surface area contributed by atoms with Crippen LogP contribution in [-0.2, 0) is 9.53 Å². The number of benzene rings is 2. The van der Waals surface area contributed by atoms with E-state index in [0.29, 0.717) is 33.5 Å². The number of thiophene rings is 1. The van der Waals surface area contributed by atoms with E-state index in [4.69, 9.17) is 25.8 Å². The number of halogens is 1. The van der Waals surface area contributed by atoms with Crippen LogP contribution >= 0.6 is 22.9 Å². The molecule has 0 atom stereocenters. The molecule has 0 fully saturated rings. The summed E-state index contributed by atoms with van der Waals surface area (Å²) in [5, 5.41) is 3.82. The van der Waals surface area contributed by atoms with E-state index in [1.54, 1.807) is 43.3 Å². The first kappa shape index (κ1) is 23.6. The zero-order valence-electron chi connectivity index (χ0n) is 18.1. The van der Waals surface area contributed by atoms with Gasteiger partial charge in [-0.1, -0.05) is 23.7 Å². The molecule has 6 nitrogen and oxygen atoms in total. The second kappa shape index (κ2) is 11.0. The first-order chi connectivity index (χ1) is 15.4. The average molecular weight is 474 g/mol. The average Bonchev–Trinajstić information content (AvgIpc) is 3.09. The summed E-state index contributed by atoms with van der Waals surface area (Å²) in [6.45, 7) is 6.13. The molecule has 0 unspecified atom stereocenters. The Balaban J connectivity index is 1.79. The van der Waals surface area contributed by atoms with Crippen molar-refractivity contribution in [1.29, 1.82) is 0 Å². The molecule has 1 N–H and O–H groups in total. The molecule has 0 radical (unpaired) electrons. The van der Waals surface area contributed by atoms with Crippen LogP contribution in [0, 0.1) is 6.92 Å². The lowest BCUT2D eigenvalue weighted by atomic mass is 10.0. The highest BCUT2D eigenvalue weighted by Crippen LogP contribution is 2.40. The maximum Gasteiger partial charge on any atom is 0.341 e. The molecule has 0 saturated carbocycles. The smallest absolute Gasteiger partial charge is 0.341 e. The summed E-state index contributed by atoms with van der Waals surface area (Å²) in [5.74, 6) is 0.392. The van der Waals surface area contributed by atoms with Crippen molar-refractivity contribution in [1.82, 2.24) is 0 Å². The molecule has 0 aliphatic heterocycles. The minimum absolute atomic E-state index is 0.205. The normalized spacial score (nSPS) is 10.5. The molecule has 0 aliphatic rings. The molecular formula is C24H24ClNO5S. The molecule has 1 amide bonds. The number of hydrogen-bond acceptors (Lipinski definition) is 6. The fraction of sp³-hybridized carbons (Fsp3) is 0.250. The van der Waals surface area contributed by atoms with Gasteiger partial charge in [-0.15, -0.1) is 11.3 Å². The Bertz CT molecular complexity index is 1080. The number of ether oxygens (including phenoxy) is 3. The summed E-state index contributed by atoms with van der Waals surface area (Å²) in [6, 6.07) is 14.2. The SMILES string of the molecule is CCOC(=O)c1c(NC(=O)COc2ccc(OCC)cc2)sc(C)c1-c1ccc(Cl)cc1. The van der Waals surface area contributed by atoms with Gasteiger partial charge in [0.1, 0.15) is 22.1 Å². The third-order valence-corrected chi connectivity index (χ3v) is 5.73. The van der Waals surface area contributed by atoms with E-state index in [1.807, 2.05) is 26.0 Å². The van der Waals surface area contributed by atoms with Gasteiger partial charge in [0.15, 0.2) is 6.61 Å². The fourth-order valence-corrected chi connectivity index (χ4v) is 4.31. The number of nitrogens with one attached hydrogen (secondary N) is 1. The van der Waals surface area contributed by atoms with Gasteiger partial charge in [-0.05, 0) is 62.7 Å². The maximum absolute atomic E-state index is 12.7. The third-order valence-electron chi connectivity index (χ3n) is 4.45. The van der Waals surface area contributed by atoms with Gasteiger partial charge < -0.3 is 19.5 Å². The van der Waals surface area contributed by atoms with E-state index >= 15 is 0 Å². The predicted octanol–water partition coefficient (Wildman–Crippen LogP) is 5.97. The van der Waals surface area contributed by atoms with Crippen molar-refractivity contribution in [3.63, 3.8) is 0 Å². The molecule has 0 aliphatic carbocycles. The predicted molar refractivity (Wildman–Crippen MR) is 127 cm³/mol. The summed E-state index contributed by atoms with van der Waals surface area (Å²) >= 11 is 7.32. The molecule has 3 rings (SSSR count). The van der Waals surface area contributed by atoms with Crippen LogP contribution in [0.4, 0.5) is 5.00 Å². The van der Waals surface area contributed by atoms with E-state index in [2.05, 4.69) is 5.32 Å². The first-order valence-corrected chi connectivity index (χ1v) is 11.3. The van der Waals surface area contributed by atoms with Crippen LogP contribution in [0.1, 0.15) is 29.1 Å². The van der Waals surface area contributed by atoms with Crippen LogP contribution < -0.4 is 14.8 Å². The molecule has 1 aromatic heterocycles. The van der Waals surface area contributed by atoms with Gasteiger partial charge >= 0.3 is 5.97 Å². The number of rotatable bonds is 9. The number of anilines is 1. The number of hydrogen-bond donors (Lipinski definition) is 1. The molecule has 0 bridgehead atoms. The quantitative estimate of drug-likeness (QED) is 0.387. The summed E-state index contributed by atoms with van der Waals surface area (Å²) in [6.07, 6.45) is 0. The lowest BCUT2D eigenvalue weighted by molar-refractivity contribution is -0.118. The van der Waals surface area contributed by atoms with Crippen LogP contribution in [0.5, 0.6) is 11.5 Å². The first-order valence-electron chi connectivity index (χ1n) is 10.1. The second-order valence-electron chi connectivity index (χ2n) is 6.71. The van der Waals surface area contributed by atoms with Crippen LogP contribution in [-0.4, -0.2) is 31.7 Å². The van der Waals surface area contributed by atoms with Crippen LogP contribution in [0.2, 0.25) is 5.02 Å². The van der Waals surface area contributed by atoms with Gasteiger partial charge in [-0.3, -0.25) is 4.79 Å². The molecule has 0 saturated heterocycles. The van der Waals surface area contributed by atoms with Crippen molar-refractivity contribution in [2.45, 2.75) is 20.8 Å². The molecule has 168 valence electrons. The van der Waals surface area contributed by atoms with Crippen molar-refractivity contribution in [3.05, 3.63) is 64.0 Å². The van der Waals surface area contributed by atoms with E-state index in [0.717, 1.165) is 16.2 Å². The Morgan fingerprint density at radius 3 is 2.16 bits per heavy atom. The lowest BCUT2D eigenvalue weighted by Crippen LogP contribution is -2.21. The van der Waals surface area contributed by atoms with Crippen molar-refractivity contribution >= 4 is 39.8 Å². The highest BCUT2D eigenvalue weighted by molar-refractivity contribution is 7.17. The monoisotopic (exact) mass is 473 g/mol. The van der Waals surface area contributed by atoms with E-state index < -0.39 is 5.97 Å². The minimum atomic E-state index is -0.496. The van der Waals surface area contributed by atoms with Gasteiger partial charge in [0.25, 0.3) is 5.91 Å². The van der Waals surface area contributed by atoms with Crippen molar-refractivity contribution in [2.24, 2.45) is 0 Å². The van der Waals surface area contributed by atoms with Gasteiger partial charge in [-0.2, -0.15) is 0 Å². The standard InChI is InChI=1S/C24H24ClNO5S/c1-4-29-18-10-12-19(13-11-18)31-14-20(27)26-23-22(24(28)30-5-2)21(15(3)32-23)16-6-8-17(25)9-7-16/h6-13H,4-5,14H2,1-3H3,(H,26,27). The van der Waals surface area contributed by atoms with Crippen LogP contribution in [0.25, 0.3) is 11.1 Å². The Morgan fingerprint density at radius 1 is 0.938 bits per heavy atom.